The number of carbonyl (C=O) groups excluding carboxylic acids is 2. The second-order valence-electron chi connectivity index (χ2n) is 10.5. The summed E-state index contributed by atoms with van der Waals surface area (Å²) in [5, 5.41) is 11.8. The zero-order valence-electron chi connectivity index (χ0n) is 20.1. The van der Waals surface area contributed by atoms with Crippen LogP contribution < -0.4 is 0 Å². The van der Waals surface area contributed by atoms with Crippen molar-refractivity contribution >= 4 is 11.9 Å². The molecule has 0 unspecified atom stereocenters. The van der Waals surface area contributed by atoms with Crippen molar-refractivity contribution in [2.75, 3.05) is 20.2 Å². The lowest BCUT2D eigenvalue weighted by atomic mass is 9.57. The number of likely N-dealkylation sites (tertiary alicyclic amines) is 1. The van der Waals surface area contributed by atoms with E-state index in [0.29, 0.717) is 24.2 Å². The molecule has 1 aliphatic heterocycles. The fraction of sp³-hybridized carbons (Fsp3) is 0.840. The van der Waals surface area contributed by atoms with Crippen molar-refractivity contribution in [3.8, 4) is 0 Å². The van der Waals surface area contributed by atoms with Gasteiger partial charge in [-0.2, -0.15) is 0 Å². The van der Waals surface area contributed by atoms with E-state index >= 15 is 0 Å². The van der Waals surface area contributed by atoms with E-state index in [2.05, 4.69) is 31.7 Å². The summed E-state index contributed by atoms with van der Waals surface area (Å²) in [6.07, 6.45) is 6.25. The van der Waals surface area contributed by atoms with Crippen molar-refractivity contribution in [1.29, 1.82) is 0 Å². The lowest BCUT2D eigenvalue weighted by Gasteiger charge is -2.53. The molecule has 0 aromatic carbocycles. The first-order chi connectivity index (χ1) is 14.6. The highest BCUT2D eigenvalue weighted by Gasteiger charge is 2.53. The van der Waals surface area contributed by atoms with Crippen molar-refractivity contribution in [3.63, 3.8) is 0 Å². The van der Waals surface area contributed by atoms with Crippen LogP contribution in [0.3, 0.4) is 0 Å². The number of methoxy groups -OCH3 is 1. The molecule has 0 radical (unpaired) electrons. The number of hydrogen-bond donors (Lipinski definition) is 1. The number of piperidine rings is 1. The number of ether oxygens (including phenoxy) is 2. The number of nitrogens with zero attached hydrogens (tertiary/aromatic N) is 1. The second-order valence-corrected chi connectivity index (χ2v) is 10.5. The first-order valence-corrected chi connectivity index (χ1v) is 12.0. The predicted octanol–water partition coefficient (Wildman–Crippen LogP) is 3.57. The standard InChI is InChI=1S/C25H41NO5/c1-15-9-10-26(22(11-15)24(28)30-6)14-17(3)20-8-7-18(4)25(29)13-23(31-19(5)27)16(2)12-21(20)25/h12,15,17-18,20-23,29H,7-11,13-14H2,1-6H3/t15-,17-,18-,20+,21-,22+,23-,25-/m1/s1. The third-order valence-electron chi connectivity index (χ3n) is 8.30. The van der Waals surface area contributed by atoms with Crippen LogP contribution in [0.5, 0.6) is 0 Å². The molecule has 3 rings (SSSR count). The highest BCUT2D eigenvalue weighted by molar-refractivity contribution is 5.75. The van der Waals surface area contributed by atoms with Crippen LogP contribution in [0.4, 0.5) is 0 Å². The van der Waals surface area contributed by atoms with E-state index < -0.39 is 5.60 Å². The molecule has 2 aliphatic carbocycles. The van der Waals surface area contributed by atoms with E-state index in [-0.39, 0.29) is 35.9 Å². The normalized spacial score (nSPS) is 39.8. The Kier molecular flexibility index (Phi) is 7.52. The molecule has 3 aliphatic rings. The SMILES string of the molecule is COC(=O)[C@@H]1C[C@H](C)CCN1C[C@@H](C)[C@@H]1CC[C@@H](C)[C@]2(O)C[C@@H](OC(C)=O)C(C)=C[C@H]12. The van der Waals surface area contributed by atoms with Crippen molar-refractivity contribution in [2.24, 2.45) is 29.6 Å². The maximum Gasteiger partial charge on any atom is 0.323 e. The molecule has 1 saturated carbocycles. The van der Waals surface area contributed by atoms with Crippen molar-refractivity contribution in [1.82, 2.24) is 4.90 Å². The number of fused-ring (bicyclic) bond motifs is 1. The third kappa shape index (κ3) is 5.00. The first kappa shape index (κ1) is 24.2. The van der Waals surface area contributed by atoms with Crippen molar-refractivity contribution in [2.45, 2.75) is 84.5 Å². The highest BCUT2D eigenvalue weighted by atomic mass is 16.5. The Morgan fingerprint density at radius 2 is 2.00 bits per heavy atom. The molecule has 176 valence electrons. The number of hydrogen-bond acceptors (Lipinski definition) is 6. The lowest BCUT2D eigenvalue weighted by Crippen LogP contribution is -2.57. The van der Waals surface area contributed by atoms with Crippen molar-refractivity contribution < 1.29 is 24.2 Å². The van der Waals surface area contributed by atoms with Gasteiger partial charge in [-0.25, -0.2) is 0 Å². The zero-order valence-corrected chi connectivity index (χ0v) is 20.1. The van der Waals surface area contributed by atoms with Crippen LogP contribution in [0.25, 0.3) is 0 Å². The first-order valence-electron chi connectivity index (χ1n) is 12.0. The molecular formula is C25H41NO5. The molecule has 1 N–H and O–H groups in total. The van der Waals surface area contributed by atoms with Gasteiger partial charge in [-0.3, -0.25) is 14.5 Å². The van der Waals surface area contributed by atoms with Crippen LogP contribution in [-0.2, 0) is 19.1 Å². The van der Waals surface area contributed by atoms with Gasteiger partial charge in [0.1, 0.15) is 12.1 Å². The van der Waals surface area contributed by atoms with Crippen LogP contribution in [0.2, 0.25) is 0 Å². The molecule has 0 aromatic rings. The van der Waals surface area contributed by atoms with Crippen molar-refractivity contribution in [3.05, 3.63) is 11.6 Å². The van der Waals surface area contributed by atoms with Crippen LogP contribution in [0, 0.1) is 29.6 Å². The molecule has 6 heteroatoms. The van der Waals surface area contributed by atoms with Gasteiger partial charge in [-0.15, -0.1) is 0 Å². The summed E-state index contributed by atoms with van der Waals surface area (Å²) in [5.74, 6) is 0.941. The minimum Gasteiger partial charge on any atom is -0.468 e. The Hall–Kier alpha value is -1.40. The minimum absolute atomic E-state index is 0.0401. The monoisotopic (exact) mass is 435 g/mol. The summed E-state index contributed by atoms with van der Waals surface area (Å²) in [7, 11) is 1.47. The average molecular weight is 436 g/mol. The van der Waals surface area contributed by atoms with E-state index in [1.807, 2.05) is 6.92 Å². The van der Waals surface area contributed by atoms with Crippen LogP contribution in [0.15, 0.2) is 11.6 Å². The Morgan fingerprint density at radius 3 is 2.65 bits per heavy atom. The van der Waals surface area contributed by atoms with Gasteiger partial charge in [0.15, 0.2) is 0 Å². The van der Waals surface area contributed by atoms with E-state index in [1.54, 1.807) is 0 Å². The topological polar surface area (TPSA) is 76.1 Å². The number of aliphatic hydroxyl groups is 1. The molecule has 0 amide bonds. The van der Waals surface area contributed by atoms with Gasteiger partial charge in [-0.05, 0) is 68.4 Å². The Labute approximate surface area is 187 Å². The summed E-state index contributed by atoms with van der Waals surface area (Å²) in [4.78, 5) is 26.3. The lowest BCUT2D eigenvalue weighted by molar-refractivity contribution is -0.160. The van der Waals surface area contributed by atoms with Gasteiger partial charge >= 0.3 is 11.9 Å². The molecule has 1 saturated heterocycles. The van der Waals surface area contributed by atoms with E-state index in [4.69, 9.17) is 9.47 Å². The highest BCUT2D eigenvalue weighted by Crippen LogP contribution is 2.51. The number of carbonyl (C=O) groups is 2. The average Bonchev–Trinajstić information content (AvgIpc) is 2.70. The molecule has 0 bridgehead atoms. The maximum absolute atomic E-state index is 12.4. The predicted molar refractivity (Wildman–Crippen MR) is 119 cm³/mol. The Balaban J connectivity index is 1.79. The van der Waals surface area contributed by atoms with Gasteiger partial charge in [0.2, 0.25) is 0 Å². The smallest absolute Gasteiger partial charge is 0.323 e. The molecular weight excluding hydrogens is 394 g/mol. The Bertz CT molecular complexity index is 706. The van der Waals surface area contributed by atoms with E-state index in [0.717, 1.165) is 44.3 Å². The van der Waals surface area contributed by atoms with Crippen LogP contribution in [-0.4, -0.2) is 59.9 Å². The van der Waals surface area contributed by atoms with Gasteiger partial charge in [0, 0.05) is 25.8 Å². The molecule has 31 heavy (non-hydrogen) atoms. The van der Waals surface area contributed by atoms with E-state index in [1.165, 1.54) is 14.0 Å². The molecule has 8 atom stereocenters. The fourth-order valence-electron chi connectivity index (χ4n) is 6.29. The summed E-state index contributed by atoms with van der Waals surface area (Å²) < 4.78 is 10.6. The summed E-state index contributed by atoms with van der Waals surface area (Å²) >= 11 is 0. The van der Waals surface area contributed by atoms with Crippen LogP contribution >= 0.6 is 0 Å². The summed E-state index contributed by atoms with van der Waals surface area (Å²) in [6.45, 7) is 11.8. The van der Waals surface area contributed by atoms with Gasteiger partial charge in [0.05, 0.1) is 12.7 Å². The molecule has 0 aromatic heterocycles. The minimum atomic E-state index is -0.866. The van der Waals surface area contributed by atoms with Crippen LogP contribution in [0.1, 0.15) is 66.7 Å². The summed E-state index contributed by atoms with van der Waals surface area (Å²) in [6, 6.07) is -0.172. The quantitative estimate of drug-likeness (QED) is 0.526. The van der Waals surface area contributed by atoms with Gasteiger partial charge in [-0.1, -0.05) is 26.8 Å². The molecule has 6 nitrogen and oxygen atoms in total. The van der Waals surface area contributed by atoms with Gasteiger partial charge < -0.3 is 14.6 Å². The number of rotatable bonds is 5. The van der Waals surface area contributed by atoms with E-state index in [9.17, 15) is 14.7 Å². The molecule has 1 heterocycles. The zero-order chi connectivity index (χ0) is 22.9. The second kappa shape index (κ2) is 9.62. The Morgan fingerprint density at radius 1 is 1.29 bits per heavy atom. The molecule has 0 spiro atoms. The molecule has 2 fully saturated rings. The van der Waals surface area contributed by atoms with Gasteiger partial charge in [0.25, 0.3) is 0 Å². The number of esters is 2. The maximum atomic E-state index is 12.4. The fourth-order valence-corrected chi connectivity index (χ4v) is 6.29. The largest absolute Gasteiger partial charge is 0.468 e. The summed E-state index contributed by atoms with van der Waals surface area (Å²) in [5.41, 5.74) is 0.171. The third-order valence-corrected chi connectivity index (χ3v) is 8.30.